The number of hydrogen-bond donors (Lipinski definition) is 1. The fourth-order valence-electron chi connectivity index (χ4n) is 4.19. The highest BCUT2D eigenvalue weighted by Crippen LogP contribution is 2.37. The van der Waals surface area contributed by atoms with E-state index in [2.05, 4.69) is 47.1 Å². The number of nitrogens with one attached hydrogen (secondary N) is 1. The molecule has 1 aliphatic heterocycles. The summed E-state index contributed by atoms with van der Waals surface area (Å²) < 4.78 is 11.0. The molecule has 7 nitrogen and oxygen atoms in total. The van der Waals surface area contributed by atoms with Crippen LogP contribution in [0.4, 0.5) is 5.82 Å². The van der Waals surface area contributed by atoms with E-state index in [1.54, 1.807) is 13.3 Å². The minimum Gasteiger partial charge on any atom is -0.497 e. The van der Waals surface area contributed by atoms with E-state index in [1.807, 2.05) is 24.4 Å². The molecule has 1 atom stereocenters. The lowest BCUT2D eigenvalue weighted by Gasteiger charge is -2.34. The lowest BCUT2D eigenvalue weighted by atomic mass is 9.97. The van der Waals surface area contributed by atoms with E-state index >= 15 is 0 Å². The van der Waals surface area contributed by atoms with Crippen LogP contribution in [0.15, 0.2) is 48.8 Å². The molecule has 1 aromatic carbocycles. The van der Waals surface area contributed by atoms with Crippen LogP contribution in [0.5, 0.6) is 5.75 Å². The maximum atomic E-state index is 5.65. The first-order valence-electron chi connectivity index (χ1n) is 10.4. The number of aromatic nitrogens is 4. The third kappa shape index (κ3) is 3.51. The van der Waals surface area contributed by atoms with Crippen LogP contribution < -0.4 is 9.64 Å². The van der Waals surface area contributed by atoms with E-state index < -0.39 is 0 Å². The topological polar surface area (TPSA) is 76.2 Å². The fourth-order valence-corrected chi connectivity index (χ4v) is 4.19. The molecule has 0 saturated carbocycles. The number of rotatable bonds is 4. The van der Waals surface area contributed by atoms with Crippen molar-refractivity contribution in [3.05, 3.63) is 54.4 Å². The number of pyridine rings is 2. The number of nitrogens with zero attached hydrogens (tertiary/aromatic N) is 4. The summed E-state index contributed by atoms with van der Waals surface area (Å²) >= 11 is 0. The first-order chi connectivity index (χ1) is 15.2. The summed E-state index contributed by atoms with van der Waals surface area (Å²) in [6.45, 7) is 6.44. The molecule has 0 spiro atoms. The molecule has 1 unspecified atom stereocenters. The molecular formula is C24H25N5O2. The van der Waals surface area contributed by atoms with Gasteiger partial charge in [0, 0.05) is 24.3 Å². The summed E-state index contributed by atoms with van der Waals surface area (Å²) in [5.41, 5.74) is 5.84. The molecule has 1 saturated heterocycles. The van der Waals surface area contributed by atoms with Gasteiger partial charge in [-0.25, -0.2) is 4.98 Å². The molecule has 31 heavy (non-hydrogen) atoms. The number of hydrogen-bond acceptors (Lipinski definition) is 6. The van der Waals surface area contributed by atoms with Crippen molar-refractivity contribution in [2.24, 2.45) is 0 Å². The number of benzene rings is 1. The van der Waals surface area contributed by atoms with E-state index in [-0.39, 0.29) is 6.04 Å². The smallest absolute Gasteiger partial charge is 0.130 e. The number of aromatic amines is 1. The minimum atomic E-state index is 0.246. The number of ether oxygens (including phenoxy) is 2. The van der Waals surface area contributed by atoms with Crippen molar-refractivity contribution >= 4 is 16.7 Å². The van der Waals surface area contributed by atoms with Gasteiger partial charge in [-0.05, 0) is 54.8 Å². The van der Waals surface area contributed by atoms with Gasteiger partial charge in [0.15, 0.2) is 0 Å². The van der Waals surface area contributed by atoms with Gasteiger partial charge in [-0.1, -0.05) is 12.1 Å². The second-order valence-electron chi connectivity index (χ2n) is 7.86. The molecule has 0 bridgehead atoms. The average Bonchev–Trinajstić information content (AvgIpc) is 3.34. The highest BCUT2D eigenvalue weighted by molar-refractivity contribution is 6.03. The van der Waals surface area contributed by atoms with Gasteiger partial charge >= 0.3 is 0 Å². The van der Waals surface area contributed by atoms with Crippen molar-refractivity contribution in [3.8, 4) is 28.3 Å². The Kier molecular flexibility index (Phi) is 5.03. The quantitative estimate of drug-likeness (QED) is 0.538. The van der Waals surface area contributed by atoms with Gasteiger partial charge < -0.3 is 14.4 Å². The van der Waals surface area contributed by atoms with Gasteiger partial charge in [-0.3, -0.25) is 10.1 Å². The SMILES string of the molecule is COc1ccc(-c2cc(N3CCOCC3C)nc3c(-c4ccn[nH]4)ncc(C)c23)cc1. The maximum absolute atomic E-state index is 5.65. The van der Waals surface area contributed by atoms with E-state index in [0.29, 0.717) is 13.2 Å². The first kappa shape index (κ1) is 19.5. The van der Waals surface area contributed by atoms with Gasteiger partial charge in [0.05, 0.1) is 32.1 Å². The molecular weight excluding hydrogens is 390 g/mol. The van der Waals surface area contributed by atoms with E-state index in [0.717, 1.165) is 57.1 Å². The van der Waals surface area contributed by atoms with Crippen molar-refractivity contribution in [1.29, 1.82) is 0 Å². The van der Waals surface area contributed by atoms with Gasteiger partial charge in [-0.15, -0.1) is 0 Å². The molecule has 3 aromatic heterocycles. The highest BCUT2D eigenvalue weighted by atomic mass is 16.5. The monoisotopic (exact) mass is 415 g/mol. The predicted octanol–water partition coefficient (Wildman–Crippen LogP) is 4.23. The summed E-state index contributed by atoms with van der Waals surface area (Å²) in [4.78, 5) is 12.2. The average molecular weight is 415 g/mol. The largest absolute Gasteiger partial charge is 0.497 e. The number of morpholine rings is 1. The van der Waals surface area contributed by atoms with Crippen LogP contribution in [-0.4, -0.2) is 53.1 Å². The predicted molar refractivity (Wildman–Crippen MR) is 121 cm³/mol. The Morgan fingerprint density at radius 1 is 1.19 bits per heavy atom. The third-order valence-electron chi connectivity index (χ3n) is 5.83. The van der Waals surface area contributed by atoms with Crippen molar-refractivity contribution < 1.29 is 9.47 Å². The van der Waals surface area contributed by atoms with Crippen LogP contribution in [0, 0.1) is 6.92 Å². The molecule has 1 N–H and O–H groups in total. The number of methoxy groups -OCH3 is 1. The Bertz CT molecular complexity index is 1210. The molecule has 0 amide bonds. The van der Waals surface area contributed by atoms with E-state index in [1.165, 1.54) is 0 Å². The van der Waals surface area contributed by atoms with E-state index in [9.17, 15) is 0 Å². The molecule has 0 radical (unpaired) electrons. The summed E-state index contributed by atoms with van der Waals surface area (Å²) in [7, 11) is 1.68. The normalized spacial score (nSPS) is 16.6. The van der Waals surface area contributed by atoms with Gasteiger partial charge in [0.1, 0.15) is 22.8 Å². The molecule has 5 rings (SSSR count). The summed E-state index contributed by atoms with van der Waals surface area (Å²) in [6.07, 6.45) is 3.64. The Balaban J connectivity index is 1.79. The van der Waals surface area contributed by atoms with Crippen molar-refractivity contribution in [1.82, 2.24) is 20.2 Å². The van der Waals surface area contributed by atoms with Crippen molar-refractivity contribution in [2.45, 2.75) is 19.9 Å². The first-order valence-corrected chi connectivity index (χ1v) is 10.4. The van der Waals surface area contributed by atoms with Crippen LogP contribution in [0.25, 0.3) is 33.4 Å². The maximum Gasteiger partial charge on any atom is 0.130 e. The number of fused-ring (bicyclic) bond motifs is 1. The van der Waals surface area contributed by atoms with E-state index in [4.69, 9.17) is 19.4 Å². The van der Waals surface area contributed by atoms with Crippen LogP contribution in [0.1, 0.15) is 12.5 Å². The Labute approximate surface area is 181 Å². The minimum absolute atomic E-state index is 0.246. The lowest BCUT2D eigenvalue weighted by Crippen LogP contribution is -2.44. The number of anilines is 1. The zero-order valence-electron chi connectivity index (χ0n) is 17.9. The van der Waals surface area contributed by atoms with Crippen molar-refractivity contribution in [3.63, 3.8) is 0 Å². The summed E-state index contributed by atoms with van der Waals surface area (Å²) in [5.74, 6) is 1.77. The molecule has 1 aliphatic rings. The van der Waals surface area contributed by atoms with Crippen LogP contribution in [0.3, 0.4) is 0 Å². The van der Waals surface area contributed by atoms with Gasteiger partial charge in [0.2, 0.25) is 0 Å². The highest BCUT2D eigenvalue weighted by Gasteiger charge is 2.23. The number of aryl methyl sites for hydroxylation is 1. The molecule has 158 valence electrons. The molecule has 7 heteroatoms. The standard InChI is InChI=1S/C24H25N5O2/c1-15-13-25-23(20-8-9-26-28-20)24-22(15)19(17-4-6-18(30-3)7-5-17)12-21(27-24)29-10-11-31-14-16(29)2/h4-9,12-13,16H,10-11,14H2,1-3H3,(H,26,28). The second-order valence-corrected chi connectivity index (χ2v) is 7.86. The molecule has 0 aliphatic carbocycles. The third-order valence-corrected chi connectivity index (χ3v) is 5.83. The summed E-state index contributed by atoms with van der Waals surface area (Å²) in [6, 6.07) is 12.5. The Hall–Kier alpha value is -3.45. The van der Waals surface area contributed by atoms with Gasteiger partial charge in [-0.2, -0.15) is 5.10 Å². The molecule has 4 heterocycles. The molecule has 1 fully saturated rings. The van der Waals surface area contributed by atoms with Crippen LogP contribution in [-0.2, 0) is 4.74 Å². The second kappa shape index (κ2) is 8.00. The van der Waals surface area contributed by atoms with Crippen LogP contribution in [0.2, 0.25) is 0 Å². The fraction of sp³-hybridized carbons (Fsp3) is 0.292. The zero-order valence-corrected chi connectivity index (χ0v) is 17.9. The zero-order chi connectivity index (χ0) is 21.4. The summed E-state index contributed by atoms with van der Waals surface area (Å²) in [5, 5.41) is 8.25. The van der Waals surface area contributed by atoms with Gasteiger partial charge in [0.25, 0.3) is 0 Å². The Morgan fingerprint density at radius 2 is 2.03 bits per heavy atom. The van der Waals surface area contributed by atoms with Crippen molar-refractivity contribution in [2.75, 3.05) is 31.8 Å². The van der Waals surface area contributed by atoms with Crippen LogP contribution >= 0.6 is 0 Å². The molecule has 4 aromatic rings. The number of H-pyrrole nitrogens is 1. The Morgan fingerprint density at radius 3 is 2.74 bits per heavy atom. The lowest BCUT2D eigenvalue weighted by molar-refractivity contribution is 0.0986.